The lowest BCUT2D eigenvalue weighted by atomic mass is 10.1. The van der Waals surface area contributed by atoms with Crippen LogP contribution < -0.4 is 10.6 Å². The van der Waals surface area contributed by atoms with Crippen molar-refractivity contribution >= 4 is 23.4 Å². The molecule has 0 bridgehead atoms. The SMILES string of the molecule is CCc1nc(N(C(N)=O)c2c(C)cccc2[N+](=O)[O-])nc(C(F)(F)F)c1C. The summed E-state index contributed by atoms with van der Waals surface area (Å²) in [6, 6.07) is 2.70. The van der Waals surface area contributed by atoms with E-state index in [1.54, 1.807) is 6.92 Å². The Hall–Kier alpha value is -3.24. The molecule has 1 aromatic heterocycles. The summed E-state index contributed by atoms with van der Waals surface area (Å²) in [6.07, 6.45) is -4.67. The Balaban J connectivity index is 2.85. The fraction of sp³-hybridized carbons (Fsp3) is 0.312. The van der Waals surface area contributed by atoms with Crippen molar-refractivity contribution in [3.63, 3.8) is 0 Å². The van der Waals surface area contributed by atoms with E-state index >= 15 is 0 Å². The number of carbonyl (C=O) groups is 1. The molecule has 0 radical (unpaired) electrons. The van der Waals surface area contributed by atoms with Gasteiger partial charge in [-0.1, -0.05) is 19.1 Å². The van der Waals surface area contributed by atoms with Crippen LogP contribution in [0.4, 0.5) is 35.3 Å². The van der Waals surface area contributed by atoms with Crippen molar-refractivity contribution in [3.8, 4) is 0 Å². The third kappa shape index (κ3) is 3.81. The number of primary amides is 1. The number of hydrogen-bond acceptors (Lipinski definition) is 5. The number of para-hydroxylation sites is 1. The third-order valence-corrected chi connectivity index (χ3v) is 3.90. The predicted octanol–water partition coefficient (Wildman–Crippen LogP) is 3.80. The molecule has 8 nitrogen and oxygen atoms in total. The van der Waals surface area contributed by atoms with Crippen LogP contribution in [0.2, 0.25) is 0 Å². The van der Waals surface area contributed by atoms with Crippen molar-refractivity contribution in [2.45, 2.75) is 33.4 Å². The van der Waals surface area contributed by atoms with Gasteiger partial charge in [0.1, 0.15) is 5.69 Å². The van der Waals surface area contributed by atoms with E-state index in [9.17, 15) is 28.1 Å². The number of anilines is 2. The van der Waals surface area contributed by atoms with Gasteiger partial charge >= 0.3 is 12.2 Å². The zero-order valence-electron chi connectivity index (χ0n) is 14.7. The number of nitro groups is 1. The lowest BCUT2D eigenvalue weighted by molar-refractivity contribution is -0.384. The molecule has 0 spiro atoms. The summed E-state index contributed by atoms with van der Waals surface area (Å²) < 4.78 is 40.1. The highest BCUT2D eigenvalue weighted by atomic mass is 19.4. The van der Waals surface area contributed by atoms with Gasteiger partial charge in [0.25, 0.3) is 5.69 Å². The molecule has 1 heterocycles. The number of nitrogens with zero attached hydrogens (tertiary/aromatic N) is 4. The number of alkyl halides is 3. The van der Waals surface area contributed by atoms with Gasteiger partial charge in [0.2, 0.25) is 5.95 Å². The standard InChI is InChI=1S/C16H16F3N5O3/c1-4-10-9(3)13(16(17,18)19)22-15(21-10)23(14(20)25)12-8(2)6-5-7-11(12)24(26)27/h5-7H,4H2,1-3H3,(H2,20,25). The number of halogens is 3. The van der Waals surface area contributed by atoms with Gasteiger partial charge in [-0.3, -0.25) is 10.1 Å². The van der Waals surface area contributed by atoms with Crippen molar-refractivity contribution in [1.82, 2.24) is 9.97 Å². The summed E-state index contributed by atoms with van der Waals surface area (Å²) in [5.41, 5.74) is 3.42. The molecular weight excluding hydrogens is 367 g/mol. The number of carbonyl (C=O) groups excluding carboxylic acids is 1. The fourth-order valence-corrected chi connectivity index (χ4v) is 2.66. The van der Waals surface area contributed by atoms with E-state index in [1.165, 1.54) is 26.0 Å². The van der Waals surface area contributed by atoms with Gasteiger partial charge in [-0.25, -0.2) is 19.7 Å². The molecule has 0 atom stereocenters. The molecule has 0 saturated heterocycles. The number of aromatic nitrogens is 2. The normalized spacial score (nSPS) is 11.3. The van der Waals surface area contributed by atoms with Crippen molar-refractivity contribution in [1.29, 1.82) is 0 Å². The Morgan fingerprint density at radius 3 is 2.41 bits per heavy atom. The molecule has 27 heavy (non-hydrogen) atoms. The van der Waals surface area contributed by atoms with Crippen LogP contribution in [0.1, 0.15) is 29.4 Å². The van der Waals surface area contributed by atoms with Crippen LogP contribution in [0.3, 0.4) is 0 Å². The molecule has 0 fully saturated rings. The quantitative estimate of drug-likeness (QED) is 0.637. The molecule has 0 saturated carbocycles. The number of urea groups is 1. The first-order chi connectivity index (χ1) is 12.5. The second-order valence-electron chi connectivity index (χ2n) is 5.67. The van der Waals surface area contributed by atoms with E-state index in [0.29, 0.717) is 4.90 Å². The number of aryl methyl sites for hydroxylation is 2. The predicted molar refractivity (Wildman–Crippen MR) is 90.7 cm³/mol. The van der Waals surface area contributed by atoms with Gasteiger partial charge in [-0.05, 0) is 25.8 Å². The number of rotatable bonds is 4. The molecule has 2 amide bonds. The largest absolute Gasteiger partial charge is 0.433 e. The second-order valence-corrected chi connectivity index (χ2v) is 5.67. The van der Waals surface area contributed by atoms with Crippen molar-refractivity contribution in [3.05, 3.63) is 50.8 Å². The lowest BCUT2D eigenvalue weighted by Crippen LogP contribution is -2.35. The van der Waals surface area contributed by atoms with Crippen LogP contribution >= 0.6 is 0 Å². The first-order valence-corrected chi connectivity index (χ1v) is 7.77. The molecule has 0 unspecified atom stereocenters. The van der Waals surface area contributed by atoms with Crippen LogP contribution in [0.25, 0.3) is 0 Å². The van der Waals surface area contributed by atoms with E-state index in [-0.39, 0.29) is 28.9 Å². The van der Waals surface area contributed by atoms with Crippen LogP contribution in [-0.4, -0.2) is 20.9 Å². The summed E-state index contributed by atoms with van der Waals surface area (Å²) in [7, 11) is 0. The number of benzene rings is 1. The van der Waals surface area contributed by atoms with Crippen molar-refractivity contribution in [2.75, 3.05) is 4.90 Å². The molecule has 2 rings (SSSR count). The Morgan fingerprint density at radius 2 is 1.93 bits per heavy atom. The van der Waals surface area contributed by atoms with Gasteiger partial charge in [0, 0.05) is 17.3 Å². The minimum atomic E-state index is -4.80. The topological polar surface area (TPSA) is 115 Å². The molecule has 144 valence electrons. The number of nitro benzene ring substituents is 1. The maximum absolute atomic E-state index is 13.4. The first-order valence-electron chi connectivity index (χ1n) is 7.77. The Labute approximate surface area is 152 Å². The molecule has 1 aromatic carbocycles. The maximum atomic E-state index is 13.4. The van der Waals surface area contributed by atoms with E-state index in [0.717, 1.165) is 6.07 Å². The minimum absolute atomic E-state index is 0.0508. The van der Waals surface area contributed by atoms with Gasteiger partial charge < -0.3 is 5.73 Å². The van der Waals surface area contributed by atoms with Crippen LogP contribution in [0, 0.1) is 24.0 Å². The summed E-state index contributed by atoms with van der Waals surface area (Å²) in [5.74, 6) is -0.672. The molecular formula is C16H16F3N5O3. The number of hydrogen-bond donors (Lipinski definition) is 1. The third-order valence-electron chi connectivity index (χ3n) is 3.90. The van der Waals surface area contributed by atoms with Gasteiger partial charge in [-0.2, -0.15) is 13.2 Å². The van der Waals surface area contributed by atoms with E-state index < -0.39 is 34.5 Å². The second kappa shape index (κ2) is 7.17. The number of amides is 2. The zero-order chi connectivity index (χ0) is 20.5. The zero-order valence-corrected chi connectivity index (χ0v) is 14.7. The lowest BCUT2D eigenvalue weighted by Gasteiger charge is -2.22. The highest BCUT2D eigenvalue weighted by molar-refractivity contribution is 5.99. The van der Waals surface area contributed by atoms with Gasteiger partial charge in [0.05, 0.1) is 4.92 Å². The molecule has 11 heteroatoms. The maximum Gasteiger partial charge on any atom is 0.433 e. The van der Waals surface area contributed by atoms with Crippen LogP contribution in [0.5, 0.6) is 0 Å². The molecule has 2 N–H and O–H groups in total. The Bertz CT molecular complexity index is 915. The summed E-state index contributed by atoms with van der Waals surface area (Å²) in [6.45, 7) is 4.26. The monoisotopic (exact) mass is 383 g/mol. The Kier molecular flexibility index (Phi) is 5.33. The van der Waals surface area contributed by atoms with Crippen LogP contribution in [-0.2, 0) is 12.6 Å². The van der Waals surface area contributed by atoms with Crippen molar-refractivity contribution in [2.24, 2.45) is 5.73 Å². The summed E-state index contributed by atoms with van der Waals surface area (Å²) >= 11 is 0. The highest BCUT2D eigenvalue weighted by Gasteiger charge is 2.38. The van der Waals surface area contributed by atoms with Crippen LogP contribution in [0.15, 0.2) is 18.2 Å². The van der Waals surface area contributed by atoms with Crippen molar-refractivity contribution < 1.29 is 22.9 Å². The highest BCUT2D eigenvalue weighted by Crippen LogP contribution is 2.37. The molecule has 0 aliphatic rings. The smallest absolute Gasteiger partial charge is 0.351 e. The van der Waals surface area contributed by atoms with E-state index in [1.807, 2.05) is 0 Å². The molecule has 0 aliphatic carbocycles. The average Bonchev–Trinajstić information content (AvgIpc) is 2.56. The minimum Gasteiger partial charge on any atom is -0.351 e. The average molecular weight is 383 g/mol. The fourth-order valence-electron chi connectivity index (χ4n) is 2.66. The Morgan fingerprint density at radius 1 is 1.30 bits per heavy atom. The summed E-state index contributed by atoms with van der Waals surface area (Å²) in [5, 5.41) is 11.3. The molecule has 0 aliphatic heterocycles. The number of nitrogens with two attached hydrogens (primary N) is 1. The first kappa shape index (κ1) is 20.1. The van der Waals surface area contributed by atoms with Gasteiger partial charge in [-0.15, -0.1) is 0 Å². The van der Waals surface area contributed by atoms with E-state index in [4.69, 9.17) is 5.73 Å². The molecule has 2 aromatic rings. The van der Waals surface area contributed by atoms with E-state index in [2.05, 4.69) is 9.97 Å². The van der Waals surface area contributed by atoms with Gasteiger partial charge in [0.15, 0.2) is 5.69 Å². The summed E-state index contributed by atoms with van der Waals surface area (Å²) in [4.78, 5) is 30.6.